The molecule has 0 aliphatic carbocycles. The van der Waals surface area contributed by atoms with E-state index in [1.807, 2.05) is 0 Å². The van der Waals surface area contributed by atoms with Crippen molar-refractivity contribution >= 4 is 0 Å². The van der Waals surface area contributed by atoms with Gasteiger partial charge in [-0.05, 0) is 19.3 Å². The van der Waals surface area contributed by atoms with Crippen molar-refractivity contribution in [3.8, 4) is 0 Å². The summed E-state index contributed by atoms with van der Waals surface area (Å²) < 4.78 is 13.3. The van der Waals surface area contributed by atoms with E-state index in [4.69, 9.17) is 0 Å². The van der Waals surface area contributed by atoms with Crippen LogP contribution in [0.5, 0.6) is 0 Å². The van der Waals surface area contributed by atoms with E-state index in [0.29, 0.717) is 18.9 Å². The quantitative estimate of drug-likeness (QED) is 0.596. The summed E-state index contributed by atoms with van der Waals surface area (Å²) in [7, 11) is 0. The number of halogens is 1. The fraction of sp³-hybridized carbons (Fsp3) is 1.00. The molecule has 1 saturated heterocycles. The minimum atomic E-state index is -0.922. The van der Waals surface area contributed by atoms with Gasteiger partial charge in [0.2, 0.25) is 0 Å². The first-order chi connectivity index (χ1) is 4.99. The van der Waals surface area contributed by atoms with Crippen LogP contribution < -0.4 is 0 Å². The largest absolute Gasteiger partial charge is 0.300 e. The Kier molecular flexibility index (Phi) is 2.53. The molecule has 1 heterocycles. The number of nitrogens with zero attached hydrogens (tertiary/aromatic N) is 1. The summed E-state index contributed by atoms with van der Waals surface area (Å²) in [5, 5.41) is 0. The second-order valence-electron chi connectivity index (χ2n) is 4.29. The first-order valence-corrected chi connectivity index (χ1v) is 4.41. The van der Waals surface area contributed by atoms with E-state index >= 15 is 0 Å². The van der Waals surface area contributed by atoms with Crippen LogP contribution >= 0.6 is 0 Å². The molecule has 1 fully saturated rings. The van der Waals surface area contributed by atoms with Crippen LogP contribution in [0.25, 0.3) is 0 Å². The number of rotatable bonds is 2. The zero-order chi connectivity index (χ0) is 8.48. The molecule has 0 aromatic heterocycles. The van der Waals surface area contributed by atoms with Crippen LogP contribution in [0.15, 0.2) is 0 Å². The summed E-state index contributed by atoms with van der Waals surface area (Å²) in [6.07, 6.45) is 0.708. The van der Waals surface area contributed by atoms with Gasteiger partial charge in [0.15, 0.2) is 0 Å². The van der Waals surface area contributed by atoms with Gasteiger partial charge in [0, 0.05) is 19.6 Å². The molecule has 1 aliphatic heterocycles. The van der Waals surface area contributed by atoms with E-state index in [2.05, 4.69) is 18.7 Å². The Hall–Kier alpha value is -0.110. The molecule has 2 heteroatoms. The molecular formula is C9H18FN. The van der Waals surface area contributed by atoms with Crippen LogP contribution in [-0.2, 0) is 0 Å². The molecule has 1 nitrogen and oxygen atoms in total. The number of hydrogen-bond acceptors (Lipinski definition) is 1. The molecule has 0 spiro atoms. The molecule has 66 valence electrons. The third-order valence-corrected chi connectivity index (χ3v) is 2.13. The molecule has 0 amide bonds. The summed E-state index contributed by atoms with van der Waals surface area (Å²) in [5.41, 5.74) is -0.922. The molecule has 1 rings (SSSR count). The Morgan fingerprint density at radius 1 is 1.55 bits per heavy atom. The fourth-order valence-corrected chi connectivity index (χ4v) is 1.69. The molecule has 0 unspecified atom stereocenters. The Balaban J connectivity index is 2.31. The Morgan fingerprint density at radius 3 is 2.55 bits per heavy atom. The van der Waals surface area contributed by atoms with Gasteiger partial charge in [-0.3, -0.25) is 4.90 Å². The van der Waals surface area contributed by atoms with Crippen LogP contribution in [0.2, 0.25) is 0 Å². The molecular weight excluding hydrogens is 141 g/mol. The third-order valence-electron chi connectivity index (χ3n) is 2.13. The lowest BCUT2D eigenvalue weighted by Crippen LogP contribution is -2.29. The highest BCUT2D eigenvalue weighted by molar-refractivity contribution is 4.86. The van der Waals surface area contributed by atoms with E-state index in [-0.39, 0.29) is 0 Å². The molecule has 0 aromatic rings. The van der Waals surface area contributed by atoms with E-state index < -0.39 is 5.67 Å². The van der Waals surface area contributed by atoms with Gasteiger partial charge < -0.3 is 0 Å². The lowest BCUT2D eigenvalue weighted by atomic mass is 10.1. The summed E-state index contributed by atoms with van der Waals surface area (Å²) in [6.45, 7) is 8.66. The molecule has 0 aromatic carbocycles. The topological polar surface area (TPSA) is 3.24 Å². The van der Waals surface area contributed by atoms with Crippen LogP contribution in [0.1, 0.15) is 27.2 Å². The van der Waals surface area contributed by atoms with Crippen molar-refractivity contribution in [2.75, 3.05) is 19.6 Å². The van der Waals surface area contributed by atoms with Gasteiger partial charge >= 0.3 is 0 Å². The van der Waals surface area contributed by atoms with E-state index in [9.17, 15) is 4.39 Å². The normalized spacial score (nSPS) is 33.5. The van der Waals surface area contributed by atoms with Crippen LogP contribution in [-0.4, -0.2) is 30.2 Å². The van der Waals surface area contributed by atoms with Crippen molar-refractivity contribution in [3.63, 3.8) is 0 Å². The summed E-state index contributed by atoms with van der Waals surface area (Å²) >= 11 is 0. The van der Waals surface area contributed by atoms with Gasteiger partial charge in [0.05, 0.1) is 0 Å². The van der Waals surface area contributed by atoms with E-state index in [0.717, 1.165) is 13.1 Å². The second kappa shape index (κ2) is 3.10. The van der Waals surface area contributed by atoms with Gasteiger partial charge in [-0.2, -0.15) is 0 Å². The Labute approximate surface area is 68.6 Å². The number of hydrogen-bond donors (Lipinski definition) is 0. The standard InChI is InChI=1S/C9H18FN/c1-8(2)6-11-5-4-9(3,10)7-11/h8H,4-7H2,1-3H3/t9-/m0/s1. The van der Waals surface area contributed by atoms with Gasteiger partial charge in [-0.15, -0.1) is 0 Å². The zero-order valence-corrected chi connectivity index (χ0v) is 7.73. The lowest BCUT2D eigenvalue weighted by molar-refractivity contribution is 0.182. The average molecular weight is 159 g/mol. The van der Waals surface area contributed by atoms with E-state index in [1.54, 1.807) is 6.92 Å². The number of likely N-dealkylation sites (tertiary alicyclic amines) is 1. The monoisotopic (exact) mass is 159 g/mol. The van der Waals surface area contributed by atoms with Gasteiger partial charge in [-0.25, -0.2) is 4.39 Å². The maximum absolute atomic E-state index is 13.3. The summed E-state index contributed by atoms with van der Waals surface area (Å²) in [5.74, 6) is 0.656. The Morgan fingerprint density at radius 2 is 2.18 bits per heavy atom. The molecule has 11 heavy (non-hydrogen) atoms. The van der Waals surface area contributed by atoms with Crippen LogP contribution in [0, 0.1) is 5.92 Å². The molecule has 0 bridgehead atoms. The van der Waals surface area contributed by atoms with Crippen molar-refractivity contribution in [2.45, 2.75) is 32.9 Å². The number of alkyl halides is 1. The zero-order valence-electron chi connectivity index (χ0n) is 7.73. The molecule has 1 aliphatic rings. The third kappa shape index (κ3) is 2.78. The van der Waals surface area contributed by atoms with Crippen molar-refractivity contribution in [1.29, 1.82) is 0 Å². The highest BCUT2D eigenvalue weighted by atomic mass is 19.1. The minimum Gasteiger partial charge on any atom is -0.300 e. The maximum atomic E-state index is 13.3. The van der Waals surface area contributed by atoms with E-state index in [1.165, 1.54) is 0 Å². The SMILES string of the molecule is CC(C)CN1CC[C@](C)(F)C1. The van der Waals surface area contributed by atoms with Gasteiger partial charge in [0.1, 0.15) is 5.67 Å². The summed E-state index contributed by atoms with van der Waals surface area (Å²) in [6, 6.07) is 0. The van der Waals surface area contributed by atoms with Crippen molar-refractivity contribution in [1.82, 2.24) is 4.90 Å². The smallest absolute Gasteiger partial charge is 0.122 e. The summed E-state index contributed by atoms with van der Waals surface area (Å²) in [4.78, 5) is 2.21. The average Bonchev–Trinajstić information content (AvgIpc) is 2.08. The first-order valence-electron chi connectivity index (χ1n) is 4.41. The van der Waals surface area contributed by atoms with Crippen molar-refractivity contribution in [3.05, 3.63) is 0 Å². The highest BCUT2D eigenvalue weighted by Gasteiger charge is 2.33. The minimum absolute atomic E-state index is 0.630. The molecule has 0 saturated carbocycles. The predicted molar refractivity (Wildman–Crippen MR) is 45.4 cm³/mol. The fourth-order valence-electron chi connectivity index (χ4n) is 1.69. The molecule has 1 atom stereocenters. The maximum Gasteiger partial charge on any atom is 0.122 e. The van der Waals surface area contributed by atoms with Gasteiger partial charge in [-0.1, -0.05) is 13.8 Å². The van der Waals surface area contributed by atoms with Gasteiger partial charge in [0.25, 0.3) is 0 Å². The second-order valence-corrected chi connectivity index (χ2v) is 4.29. The van der Waals surface area contributed by atoms with Crippen LogP contribution in [0.3, 0.4) is 0 Å². The van der Waals surface area contributed by atoms with Crippen LogP contribution in [0.4, 0.5) is 4.39 Å². The highest BCUT2D eigenvalue weighted by Crippen LogP contribution is 2.24. The lowest BCUT2D eigenvalue weighted by Gasteiger charge is -2.18. The Bertz CT molecular complexity index is 132. The van der Waals surface area contributed by atoms with Crippen molar-refractivity contribution in [2.24, 2.45) is 5.92 Å². The van der Waals surface area contributed by atoms with Crippen molar-refractivity contribution < 1.29 is 4.39 Å². The predicted octanol–water partition coefficient (Wildman–Crippen LogP) is 2.08. The molecule has 0 N–H and O–H groups in total. The first kappa shape index (κ1) is 8.98. The molecule has 0 radical (unpaired) electrons.